The maximum absolute atomic E-state index is 7.64. The van der Waals surface area contributed by atoms with Crippen LogP contribution in [0.25, 0.3) is 0 Å². The number of nitrogens with zero attached hydrogens (tertiary/aromatic N) is 2. The standard InChI is InChI=1S/C4H10N2.C2H4N4/c1-2-6-4-3-5-1;3-1-6-2(4)5/h5-6H,1-4H2;(H4,4,5,6). The minimum atomic E-state index is -0.197. The number of piperazine rings is 1. The smallest absolute Gasteiger partial charge is 0.209 e. The highest BCUT2D eigenvalue weighted by atomic mass is 15.0. The summed E-state index contributed by atoms with van der Waals surface area (Å²) < 4.78 is 0. The van der Waals surface area contributed by atoms with Crippen molar-refractivity contribution in [3.8, 4) is 6.19 Å². The molecule has 1 heterocycles. The molecular formula is C6H14N6. The van der Waals surface area contributed by atoms with Gasteiger partial charge in [-0.25, -0.2) is 0 Å². The number of nitrogens with two attached hydrogens (primary N) is 2. The Morgan fingerprint density at radius 3 is 1.67 bits per heavy atom. The van der Waals surface area contributed by atoms with E-state index in [1.165, 1.54) is 6.19 Å². The number of nitrogens with one attached hydrogen (secondary N) is 2. The van der Waals surface area contributed by atoms with Crippen molar-refractivity contribution in [3.05, 3.63) is 0 Å². The predicted octanol–water partition coefficient (Wildman–Crippen LogP) is -2.08. The highest BCUT2D eigenvalue weighted by Gasteiger charge is 1.91. The Balaban J connectivity index is 0.000000202. The molecule has 0 spiro atoms. The Hall–Kier alpha value is -1.32. The van der Waals surface area contributed by atoms with Gasteiger partial charge in [-0.15, -0.1) is 4.99 Å². The van der Waals surface area contributed by atoms with Gasteiger partial charge in [-0.1, -0.05) is 0 Å². The lowest BCUT2D eigenvalue weighted by Gasteiger charge is -2.11. The van der Waals surface area contributed by atoms with E-state index in [-0.39, 0.29) is 5.96 Å². The highest BCUT2D eigenvalue weighted by Crippen LogP contribution is 1.65. The van der Waals surface area contributed by atoms with Gasteiger partial charge in [-0.2, -0.15) is 5.26 Å². The highest BCUT2D eigenvalue weighted by molar-refractivity contribution is 5.76. The van der Waals surface area contributed by atoms with Crippen LogP contribution in [0.3, 0.4) is 0 Å². The van der Waals surface area contributed by atoms with Crippen molar-refractivity contribution in [2.75, 3.05) is 26.2 Å². The lowest BCUT2D eigenvalue weighted by atomic mass is 10.4. The Bertz CT molecular complexity index is 150. The normalized spacial score (nSPS) is 14.9. The van der Waals surface area contributed by atoms with Crippen LogP contribution in [0.15, 0.2) is 4.99 Å². The van der Waals surface area contributed by atoms with Crippen molar-refractivity contribution in [2.24, 2.45) is 16.5 Å². The summed E-state index contributed by atoms with van der Waals surface area (Å²) in [6.45, 7) is 4.56. The molecule has 0 radical (unpaired) electrons. The number of guanidine groups is 1. The molecule has 6 N–H and O–H groups in total. The van der Waals surface area contributed by atoms with E-state index in [1.807, 2.05) is 0 Å². The summed E-state index contributed by atoms with van der Waals surface area (Å²) in [7, 11) is 0. The van der Waals surface area contributed by atoms with Crippen LogP contribution in [0.2, 0.25) is 0 Å². The van der Waals surface area contributed by atoms with E-state index >= 15 is 0 Å². The topological polar surface area (TPSA) is 112 Å². The van der Waals surface area contributed by atoms with Crippen LogP contribution in [0, 0.1) is 11.5 Å². The molecule has 6 heteroatoms. The van der Waals surface area contributed by atoms with E-state index in [0.717, 1.165) is 26.2 Å². The van der Waals surface area contributed by atoms with Crippen molar-refractivity contribution >= 4 is 5.96 Å². The van der Waals surface area contributed by atoms with Gasteiger partial charge in [0.25, 0.3) is 0 Å². The van der Waals surface area contributed by atoms with E-state index in [4.69, 9.17) is 16.7 Å². The number of hydrogen-bond donors (Lipinski definition) is 4. The molecule has 0 aromatic carbocycles. The number of rotatable bonds is 0. The zero-order chi connectivity index (χ0) is 9.23. The van der Waals surface area contributed by atoms with E-state index in [0.29, 0.717) is 0 Å². The van der Waals surface area contributed by atoms with Crippen LogP contribution in [0.5, 0.6) is 0 Å². The minimum Gasteiger partial charge on any atom is -0.369 e. The molecular weight excluding hydrogens is 156 g/mol. The van der Waals surface area contributed by atoms with Gasteiger partial charge in [0.15, 0.2) is 0 Å². The van der Waals surface area contributed by atoms with Crippen LogP contribution in [-0.4, -0.2) is 32.1 Å². The summed E-state index contributed by atoms with van der Waals surface area (Å²) in [6.07, 6.45) is 1.41. The zero-order valence-electron chi connectivity index (χ0n) is 6.88. The van der Waals surface area contributed by atoms with Crippen LogP contribution in [0.1, 0.15) is 0 Å². The fourth-order valence-corrected chi connectivity index (χ4v) is 0.661. The second-order valence-corrected chi connectivity index (χ2v) is 2.14. The molecule has 0 saturated carbocycles. The maximum atomic E-state index is 7.64. The molecule has 0 aliphatic carbocycles. The van der Waals surface area contributed by atoms with Gasteiger partial charge >= 0.3 is 0 Å². The van der Waals surface area contributed by atoms with Crippen molar-refractivity contribution in [2.45, 2.75) is 0 Å². The average molecular weight is 170 g/mol. The largest absolute Gasteiger partial charge is 0.369 e. The molecule has 12 heavy (non-hydrogen) atoms. The van der Waals surface area contributed by atoms with E-state index < -0.39 is 0 Å². The summed E-state index contributed by atoms with van der Waals surface area (Å²) in [6, 6.07) is 0. The molecule has 1 aliphatic rings. The summed E-state index contributed by atoms with van der Waals surface area (Å²) >= 11 is 0. The molecule has 0 aromatic rings. The zero-order valence-corrected chi connectivity index (χ0v) is 6.88. The van der Waals surface area contributed by atoms with Gasteiger partial charge in [0.05, 0.1) is 0 Å². The molecule has 0 bridgehead atoms. The fourth-order valence-electron chi connectivity index (χ4n) is 0.661. The second-order valence-electron chi connectivity index (χ2n) is 2.14. The van der Waals surface area contributed by atoms with Gasteiger partial charge in [-0.05, 0) is 0 Å². The molecule has 1 fully saturated rings. The molecule has 68 valence electrons. The van der Waals surface area contributed by atoms with E-state index in [1.54, 1.807) is 0 Å². The third-order valence-corrected chi connectivity index (χ3v) is 1.14. The third-order valence-electron chi connectivity index (χ3n) is 1.14. The van der Waals surface area contributed by atoms with Crippen LogP contribution in [0.4, 0.5) is 0 Å². The van der Waals surface area contributed by atoms with Gasteiger partial charge in [-0.3, -0.25) is 0 Å². The first-order valence-corrected chi connectivity index (χ1v) is 3.66. The first-order valence-electron chi connectivity index (χ1n) is 3.66. The van der Waals surface area contributed by atoms with Gasteiger partial charge < -0.3 is 22.1 Å². The maximum Gasteiger partial charge on any atom is 0.209 e. The number of hydrogen-bond acceptors (Lipinski definition) is 4. The number of aliphatic imine (C=N–C) groups is 1. The molecule has 0 aromatic heterocycles. The SMILES string of the molecule is C1CNCCN1.N#CN=C(N)N. The first kappa shape index (κ1) is 10.7. The Morgan fingerprint density at radius 1 is 1.17 bits per heavy atom. The van der Waals surface area contributed by atoms with Crippen molar-refractivity contribution in [3.63, 3.8) is 0 Å². The first-order chi connectivity index (χ1) is 5.77. The third kappa shape index (κ3) is 8.68. The van der Waals surface area contributed by atoms with Gasteiger partial charge in [0.2, 0.25) is 12.2 Å². The van der Waals surface area contributed by atoms with Crippen molar-refractivity contribution in [1.29, 1.82) is 5.26 Å². The Kier molecular flexibility index (Phi) is 6.93. The fraction of sp³-hybridized carbons (Fsp3) is 0.667. The van der Waals surface area contributed by atoms with Crippen molar-refractivity contribution < 1.29 is 0 Å². The lowest BCUT2D eigenvalue weighted by molar-refractivity contribution is 0.534. The minimum absolute atomic E-state index is 0.197. The summed E-state index contributed by atoms with van der Waals surface area (Å²) in [4.78, 5) is 2.90. The van der Waals surface area contributed by atoms with Crippen molar-refractivity contribution in [1.82, 2.24) is 10.6 Å². The summed E-state index contributed by atoms with van der Waals surface area (Å²) in [5.41, 5.74) is 9.42. The van der Waals surface area contributed by atoms with E-state index in [9.17, 15) is 0 Å². The molecule has 1 rings (SSSR count). The average Bonchev–Trinajstić information content (AvgIpc) is 2.08. The molecule has 1 aliphatic heterocycles. The molecule has 6 nitrogen and oxygen atoms in total. The molecule has 0 unspecified atom stereocenters. The van der Waals surface area contributed by atoms with Crippen LogP contribution < -0.4 is 22.1 Å². The summed E-state index contributed by atoms with van der Waals surface area (Å²) in [5, 5.41) is 14.1. The molecule has 1 saturated heterocycles. The quantitative estimate of drug-likeness (QED) is 0.189. The number of nitriles is 1. The van der Waals surface area contributed by atoms with E-state index in [2.05, 4.69) is 15.6 Å². The second kappa shape index (κ2) is 7.78. The van der Waals surface area contributed by atoms with Gasteiger partial charge in [0.1, 0.15) is 0 Å². The lowest BCUT2D eigenvalue weighted by Crippen LogP contribution is -2.39. The van der Waals surface area contributed by atoms with Gasteiger partial charge in [0, 0.05) is 26.2 Å². The Morgan fingerprint density at radius 2 is 1.58 bits per heavy atom. The summed E-state index contributed by atoms with van der Waals surface area (Å²) in [5.74, 6) is -0.197. The molecule has 0 atom stereocenters. The predicted molar refractivity (Wildman–Crippen MR) is 47.2 cm³/mol. The van der Waals surface area contributed by atoms with Crippen LogP contribution in [-0.2, 0) is 0 Å². The Labute approximate surface area is 71.6 Å². The van der Waals surface area contributed by atoms with Crippen LogP contribution >= 0.6 is 0 Å². The monoisotopic (exact) mass is 170 g/mol. The molecule has 0 amide bonds.